The van der Waals surface area contributed by atoms with Gasteiger partial charge in [0.15, 0.2) is 0 Å². The van der Waals surface area contributed by atoms with Crippen LogP contribution >= 0.6 is 22.3 Å². The fourth-order valence-electron chi connectivity index (χ4n) is 1.18. The number of carbonyl (C=O) groups is 1. The van der Waals surface area contributed by atoms with Crippen LogP contribution in [0.5, 0.6) is 0 Å². The van der Waals surface area contributed by atoms with E-state index in [4.69, 9.17) is 22.3 Å². The van der Waals surface area contributed by atoms with Crippen molar-refractivity contribution >= 4 is 36.6 Å². The maximum absolute atomic E-state index is 12.5. The molecule has 1 aromatic carbocycles. The van der Waals surface area contributed by atoms with Gasteiger partial charge in [-0.3, -0.25) is 4.79 Å². The van der Waals surface area contributed by atoms with E-state index in [1.807, 2.05) is 0 Å². The summed E-state index contributed by atoms with van der Waals surface area (Å²) in [5.74, 6) is 0. The molecule has 0 heterocycles. The third-order valence-corrected chi connectivity index (χ3v) is 3.37. The molecule has 0 aliphatic rings. The lowest BCUT2D eigenvalue weighted by atomic mass is 10.1. The summed E-state index contributed by atoms with van der Waals surface area (Å²) in [5, 5.41) is -1.34. The second kappa shape index (κ2) is 4.47. The van der Waals surface area contributed by atoms with Crippen LogP contribution in [0.1, 0.15) is 15.9 Å². The summed E-state index contributed by atoms with van der Waals surface area (Å²) in [7, 11) is 0.135. The minimum atomic E-state index is -4.96. The molecule has 0 aliphatic heterocycles. The number of carbonyl (C=O) groups excluding carboxylic acids is 1. The van der Waals surface area contributed by atoms with Gasteiger partial charge in [-0.05, 0) is 23.7 Å². The molecule has 0 amide bonds. The molecule has 0 atom stereocenters. The smallest absolute Gasteiger partial charge is 0.276 e. The Morgan fingerprint density at radius 2 is 1.76 bits per heavy atom. The highest BCUT2D eigenvalue weighted by Gasteiger charge is 2.38. The fourth-order valence-corrected chi connectivity index (χ4v) is 2.76. The fraction of sp³-hybridized carbons (Fsp3) is 0.125. The molecule has 0 spiro atoms. The van der Waals surface area contributed by atoms with Crippen LogP contribution in [0.4, 0.5) is 13.2 Å². The van der Waals surface area contributed by atoms with Crippen LogP contribution in [0.2, 0.25) is 0 Å². The zero-order valence-corrected chi connectivity index (χ0v) is 10.1. The number of hydrogen-bond donors (Lipinski definition) is 0. The molecule has 0 unspecified atom stereocenters. The molecule has 17 heavy (non-hydrogen) atoms. The second-order valence-electron chi connectivity index (χ2n) is 2.89. The molecular formula is C8H3Cl2F3O3S. The molecule has 3 nitrogen and oxygen atoms in total. The molecule has 0 aliphatic carbocycles. The molecule has 0 N–H and O–H groups in total. The van der Waals surface area contributed by atoms with Crippen molar-refractivity contribution in [1.29, 1.82) is 0 Å². The van der Waals surface area contributed by atoms with Gasteiger partial charge in [0, 0.05) is 10.7 Å². The predicted molar refractivity (Wildman–Crippen MR) is 54.7 cm³/mol. The Morgan fingerprint density at radius 3 is 2.12 bits per heavy atom. The number of benzene rings is 1. The average Bonchev–Trinajstić information content (AvgIpc) is 2.13. The zero-order chi connectivity index (χ0) is 13.4. The first-order valence-corrected chi connectivity index (χ1v) is 6.58. The summed E-state index contributed by atoms with van der Waals surface area (Å²) in [6.07, 6.45) is -4.96. The maximum Gasteiger partial charge on any atom is 0.417 e. The quantitative estimate of drug-likeness (QED) is 0.789. The Morgan fingerprint density at radius 1 is 1.24 bits per heavy atom. The number of alkyl halides is 3. The van der Waals surface area contributed by atoms with Crippen molar-refractivity contribution in [3.8, 4) is 0 Å². The maximum atomic E-state index is 12.5. The first-order chi connectivity index (χ1) is 7.55. The number of hydrogen-bond acceptors (Lipinski definition) is 3. The van der Waals surface area contributed by atoms with Gasteiger partial charge in [0.25, 0.3) is 14.3 Å². The predicted octanol–water partition coefficient (Wildman–Crippen LogP) is 3.01. The molecule has 0 saturated carbocycles. The van der Waals surface area contributed by atoms with Crippen LogP contribution in [0.15, 0.2) is 23.1 Å². The lowest BCUT2D eigenvalue weighted by Crippen LogP contribution is -2.14. The van der Waals surface area contributed by atoms with E-state index in [1.165, 1.54) is 0 Å². The van der Waals surface area contributed by atoms with E-state index < -0.39 is 36.5 Å². The van der Waals surface area contributed by atoms with Gasteiger partial charge < -0.3 is 0 Å². The van der Waals surface area contributed by atoms with Crippen LogP contribution in [0.3, 0.4) is 0 Å². The second-order valence-corrected chi connectivity index (χ2v) is 5.74. The van der Waals surface area contributed by atoms with Gasteiger partial charge in [0.2, 0.25) is 0 Å². The monoisotopic (exact) mass is 306 g/mol. The Kier molecular flexibility index (Phi) is 3.75. The van der Waals surface area contributed by atoms with E-state index >= 15 is 0 Å². The van der Waals surface area contributed by atoms with Crippen LogP contribution in [-0.2, 0) is 15.2 Å². The van der Waals surface area contributed by atoms with E-state index in [0.717, 1.165) is 12.1 Å². The largest absolute Gasteiger partial charge is 0.417 e. The summed E-state index contributed by atoms with van der Waals surface area (Å²) >= 11 is 5.01. The SMILES string of the molecule is O=C(Cl)c1cccc(C(F)(F)F)c1S(=O)(=O)Cl. The van der Waals surface area contributed by atoms with Crippen molar-refractivity contribution in [3.63, 3.8) is 0 Å². The Bertz CT molecular complexity index is 566. The van der Waals surface area contributed by atoms with Gasteiger partial charge in [-0.2, -0.15) is 13.2 Å². The lowest BCUT2D eigenvalue weighted by molar-refractivity contribution is -0.139. The van der Waals surface area contributed by atoms with Gasteiger partial charge in [-0.15, -0.1) is 0 Å². The van der Waals surface area contributed by atoms with Gasteiger partial charge in [0.1, 0.15) is 4.90 Å². The Hall–Kier alpha value is -0.790. The summed E-state index contributed by atoms with van der Waals surface area (Å²) in [6, 6.07) is 2.21. The van der Waals surface area contributed by atoms with Crippen LogP contribution < -0.4 is 0 Å². The van der Waals surface area contributed by atoms with E-state index in [-0.39, 0.29) is 0 Å². The van der Waals surface area contributed by atoms with E-state index in [2.05, 4.69) is 0 Å². The molecule has 0 saturated heterocycles. The van der Waals surface area contributed by atoms with Crippen molar-refractivity contribution < 1.29 is 26.4 Å². The lowest BCUT2D eigenvalue weighted by Gasteiger charge is -2.12. The summed E-state index contributed by atoms with van der Waals surface area (Å²) in [6.45, 7) is 0. The minimum absolute atomic E-state index is 0.499. The molecule has 0 radical (unpaired) electrons. The first-order valence-electron chi connectivity index (χ1n) is 3.90. The van der Waals surface area contributed by atoms with Gasteiger partial charge in [-0.1, -0.05) is 6.07 Å². The molecule has 9 heteroatoms. The Labute approximate surface area is 104 Å². The normalized spacial score (nSPS) is 12.5. The van der Waals surface area contributed by atoms with Crippen LogP contribution in [-0.4, -0.2) is 13.7 Å². The Balaban J connectivity index is 3.77. The minimum Gasteiger partial charge on any atom is -0.276 e. The van der Waals surface area contributed by atoms with Crippen LogP contribution in [0, 0.1) is 0 Å². The van der Waals surface area contributed by atoms with E-state index in [1.54, 1.807) is 0 Å². The molecule has 0 fully saturated rings. The first kappa shape index (κ1) is 14.3. The van der Waals surface area contributed by atoms with Crippen LogP contribution in [0.25, 0.3) is 0 Å². The summed E-state index contributed by atoms with van der Waals surface area (Å²) < 4.78 is 59.8. The van der Waals surface area contributed by atoms with Crippen molar-refractivity contribution in [1.82, 2.24) is 0 Å². The van der Waals surface area contributed by atoms with Gasteiger partial charge in [0.05, 0.1) is 11.1 Å². The van der Waals surface area contributed by atoms with Crippen molar-refractivity contribution in [3.05, 3.63) is 29.3 Å². The zero-order valence-electron chi connectivity index (χ0n) is 7.75. The van der Waals surface area contributed by atoms with Crippen molar-refractivity contribution in [2.75, 3.05) is 0 Å². The van der Waals surface area contributed by atoms with Gasteiger partial charge >= 0.3 is 6.18 Å². The standard InChI is InChI=1S/C8H3Cl2F3O3S/c9-7(14)4-2-1-3-5(8(11,12)13)6(4)17(10,15)16/h1-3H. The summed E-state index contributed by atoms with van der Waals surface area (Å²) in [5.41, 5.74) is -2.34. The highest BCUT2D eigenvalue weighted by Crippen LogP contribution is 2.37. The third-order valence-electron chi connectivity index (χ3n) is 1.78. The number of rotatable bonds is 2. The van der Waals surface area contributed by atoms with Crippen molar-refractivity contribution in [2.45, 2.75) is 11.1 Å². The topological polar surface area (TPSA) is 51.2 Å². The van der Waals surface area contributed by atoms with E-state index in [0.29, 0.717) is 6.07 Å². The van der Waals surface area contributed by atoms with Crippen molar-refractivity contribution in [2.24, 2.45) is 0 Å². The molecule has 1 aromatic rings. The molecule has 1 rings (SSSR count). The van der Waals surface area contributed by atoms with Gasteiger partial charge in [-0.25, -0.2) is 8.42 Å². The molecule has 0 bridgehead atoms. The van der Waals surface area contributed by atoms with E-state index in [9.17, 15) is 26.4 Å². The number of halogens is 5. The summed E-state index contributed by atoms with van der Waals surface area (Å²) in [4.78, 5) is 9.54. The average molecular weight is 307 g/mol. The molecule has 94 valence electrons. The molecular weight excluding hydrogens is 304 g/mol. The third kappa shape index (κ3) is 3.11. The highest BCUT2D eigenvalue weighted by atomic mass is 35.7. The highest BCUT2D eigenvalue weighted by molar-refractivity contribution is 8.13. The molecule has 0 aromatic heterocycles.